The maximum Gasteiger partial charge on any atom is 0.335 e. The summed E-state index contributed by atoms with van der Waals surface area (Å²) in [6.07, 6.45) is 3.79. The minimum absolute atomic E-state index is 0.0755. The Morgan fingerprint density at radius 3 is 2.74 bits per heavy atom. The Labute approximate surface area is 185 Å². The summed E-state index contributed by atoms with van der Waals surface area (Å²) in [7, 11) is 0. The number of aryl methyl sites for hydroxylation is 1. The molecule has 1 aliphatic rings. The van der Waals surface area contributed by atoms with Gasteiger partial charge in [0.15, 0.2) is 0 Å². The van der Waals surface area contributed by atoms with Crippen LogP contribution in [0.1, 0.15) is 66.2 Å². The third-order valence-electron chi connectivity index (χ3n) is 5.86. The summed E-state index contributed by atoms with van der Waals surface area (Å²) in [5.74, 6) is 1.31. The van der Waals surface area contributed by atoms with Crippen LogP contribution in [0.2, 0.25) is 0 Å². The Balaban J connectivity index is 1.53. The van der Waals surface area contributed by atoms with Crippen molar-refractivity contribution in [2.24, 2.45) is 5.92 Å². The first kappa shape index (κ1) is 21.6. The van der Waals surface area contributed by atoms with Crippen molar-refractivity contribution in [1.29, 1.82) is 0 Å². The van der Waals surface area contributed by atoms with Gasteiger partial charge in [-0.25, -0.2) is 9.78 Å². The van der Waals surface area contributed by atoms with Crippen molar-refractivity contribution >= 4 is 27.5 Å². The summed E-state index contributed by atoms with van der Waals surface area (Å²) in [5, 5.41) is 9.80. The minimum Gasteiger partial charge on any atom is -0.494 e. The Bertz CT molecular complexity index is 1160. The second kappa shape index (κ2) is 8.83. The standard InChI is InChI=1S/C24H28N2O4S/c1-14(2)21-25-22-20(18-10-5-15(3)13-19(18)31-22)23(27)26(21)11-4-12-30-17-8-6-16(7-9-17)24(28)29/h6-9,14-15H,4-5,10-13H2,1-3H3,(H,28,29). The van der Waals surface area contributed by atoms with E-state index < -0.39 is 5.97 Å². The molecule has 0 saturated heterocycles. The number of carbonyl (C=O) groups is 1. The number of nitrogens with zero attached hydrogens (tertiary/aromatic N) is 2. The molecule has 1 aliphatic carbocycles. The molecule has 4 rings (SSSR count). The number of rotatable bonds is 7. The molecule has 0 amide bonds. The highest BCUT2D eigenvalue weighted by atomic mass is 32.1. The Morgan fingerprint density at radius 1 is 1.32 bits per heavy atom. The van der Waals surface area contributed by atoms with E-state index in [4.69, 9.17) is 14.8 Å². The lowest BCUT2D eigenvalue weighted by Crippen LogP contribution is -2.27. The number of benzene rings is 1. The summed E-state index contributed by atoms with van der Waals surface area (Å²) >= 11 is 1.70. The van der Waals surface area contributed by atoms with Crippen LogP contribution in [-0.2, 0) is 19.4 Å². The zero-order chi connectivity index (χ0) is 22.1. The molecular formula is C24H28N2O4S. The number of ether oxygens (including phenoxy) is 1. The van der Waals surface area contributed by atoms with Gasteiger partial charge >= 0.3 is 5.97 Å². The van der Waals surface area contributed by atoms with Gasteiger partial charge in [0.1, 0.15) is 16.4 Å². The van der Waals surface area contributed by atoms with Crippen LogP contribution in [-0.4, -0.2) is 27.2 Å². The van der Waals surface area contributed by atoms with Gasteiger partial charge in [0.05, 0.1) is 17.6 Å². The Kier molecular flexibility index (Phi) is 6.14. The number of carboxylic acid groups (broad SMARTS) is 1. The predicted octanol–water partition coefficient (Wildman–Crippen LogP) is 4.87. The molecule has 0 spiro atoms. The molecule has 1 atom stereocenters. The molecule has 31 heavy (non-hydrogen) atoms. The quantitative estimate of drug-likeness (QED) is 0.530. The van der Waals surface area contributed by atoms with Crippen LogP contribution in [0.25, 0.3) is 10.2 Å². The lowest BCUT2D eigenvalue weighted by Gasteiger charge is -2.18. The van der Waals surface area contributed by atoms with Gasteiger partial charge in [-0.05, 0) is 61.4 Å². The number of hydrogen-bond acceptors (Lipinski definition) is 5. The molecule has 2 aromatic heterocycles. The van der Waals surface area contributed by atoms with Crippen molar-refractivity contribution in [3.8, 4) is 5.75 Å². The fourth-order valence-corrected chi connectivity index (χ4v) is 5.58. The van der Waals surface area contributed by atoms with E-state index in [1.54, 1.807) is 23.5 Å². The van der Waals surface area contributed by atoms with Crippen LogP contribution in [0.3, 0.4) is 0 Å². The Hall–Kier alpha value is -2.67. The molecule has 1 unspecified atom stereocenters. The van der Waals surface area contributed by atoms with Crippen LogP contribution < -0.4 is 10.3 Å². The summed E-state index contributed by atoms with van der Waals surface area (Å²) in [4.78, 5) is 31.6. The zero-order valence-corrected chi connectivity index (χ0v) is 19.0. The normalized spacial score (nSPS) is 15.9. The van der Waals surface area contributed by atoms with Gasteiger partial charge in [-0.2, -0.15) is 0 Å². The van der Waals surface area contributed by atoms with E-state index in [1.807, 2.05) is 4.57 Å². The highest BCUT2D eigenvalue weighted by Crippen LogP contribution is 2.36. The first-order valence-corrected chi connectivity index (χ1v) is 11.7. The van der Waals surface area contributed by atoms with Gasteiger partial charge in [0.2, 0.25) is 0 Å². The summed E-state index contributed by atoms with van der Waals surface area (Å²) in [6, 6.07) is 6.36. The van der Waals surface area contributed by atoms with E-state index in [9.17, 15) is 9.59 Å². The lowest BCUT2D eigenvalue weighted by molar-refractivity contribution is 0.0697. The van der Waals surface area contributed by atoms with E-state index in [1.165, 1.54) is 22.6 Å². The number of hydrogen-bond donors (Lipinski definition) is 1. The van der Waals surface area contributed by atoms with Crippen LogP contribution in [0, 0.1) is 5.92 Å². The fourth-order valence-electron chi connectivity index (χ4n) is 4.20. The fraction of sp³-hybridized carbons (Fsp3) is 0.458. The molecule has 164 valence electrons. The number of carboxylic acids is 1. The molecule has 0 bridgehead atoms. The molecule has 7 heteroatoms. The van der Waals surface area contributed by atoms with Crippen molar-refractivity contribution < 1.29 is 14.6 Å². The lowest BCUT2D eigenvalue weighted by atomic mass is 9.89. The largest absolute Gasteiger partial charge is 0.494 e. The monoisotopic (exact) mass is 440 g/mol. The minimum atomic E-state index is -0.958. The van der Waals surface area contributed by atoms with E-state index in [2.05, 4.69) is 20.8 Å². The summed E-state index contributed by atoms with van der Waals surface area (Å²) < 4.78 is 7.58. The first-order chi connectivity index (χ1) is 14.8. The van der Waals surface area contributed by atoms with Crippen molar-refractivity contribution in [1.82, 2.24) is 9.55 Å². The molecular weight excluding hydrogens is 412 g/mol. The Morgan fingerprint density at radius 2 is 2.06 bits per heavy atom. The summed E-state index contributed by atoms with van der Waals surface area (Å²) in [5.41, 5.74) is 1.52. The molecule has 1 aromatic carbocycles. The molecule has 2 heterocycles. The second-order valence-electron chi connectivity index (χ2n) is 8.64. The van der Waals surface area contributed by atoms with Crippen molar-refractivity contribution in [3.63, 3.8) is 0 Å². The van der Waals surface area contributed by atoms with Crippen molar-refractivity contribution in [3.05, 3.63) is 56.4 Å². The van der Waals surface area contributed by atoms with Gasteiger partial charge in [-0.3, -0.25) is 9.36 Å². The first-order valence-electron chi connectivity index (χ1n) is 10.9. The van der Waals surface area contributed by atoms with Gasteiger partial charge < -0.3 is 9.84 Å². The zero-order valence-electron chi connectivity index (χ0n) is 18.2. The molecule has 0 saturated carbocycles. The topological polar surface area (TPSA) is 81.4 Å². The molecule has 3 aromatic rings. The van der Waals surface area contributed by atoms with Crippen molar-refractivity contribution in [2.75, 3.05) is 6.61 Å². The highest BCUT2D eigenvalue weighted by molar-refractivity contribution is 7.18. The molecule has 0 aliphatic heterocycles. The molecule has 0 radical (unpaired) electrons. The van der Waals surface area contributed by atoms with Crippen LogP contribution in [0.5, 0.6) is 5.75 Å². The molecule has 1 N–H and O–H groups in total. The SMILES string of the molecule is CC1CCc2c(sc3nc(C(C)C)n(CCCOc4ccc(C(=O)O)cc4)c(=O)c23)C1. The maximum atomic E-state index is 13.5. The van der Waals surface area contributed by atoms with Gasteiger partial charge in [0, 0.05) is 17.3 Å². The average molecular weight is 441 g/mol. The smallest absolute Gasteiger partial charge is 0.335 e. The predicted molar refractivity (Wildman–Crippen MR) is 123 cm³/mol. The van der Waals surface area contributed by atoms with Gasteiger partial charge in [-0.1, -0.05) is 20.8 Å². The number of thiophene rings is 1. The van der Waals surface area contributed by atoms with Crippen LogP contribution >= 0.6 is 11.3 Å². The van der Waals surface area contributed by atoms with Gasteiger partial charge in [0.25, 0.3) is 5.56 Å². The number of aromatic nitrogens is 2. The number of aromatic carboxylic acids is 1. The highest BCUT2D eigenvalue weighted by Gasteiger charge is 2.25. The van der Waals surface area contributed by atoms with Gasteiger partial charge in [-0.15, -0.1) is 11.3 Å². The maximum absolute atomic E-state index is 13.5. The van der Waals surface area contributed by atoms with E-state index in [-0.39, 0.29) is 17.0 Å². The second-order valence-corrected chi connectivity index (χ2v) is 9.73. The molecule has 6 nitrogen and oxygen atoms in total. The van der Waals surface area contributed by atoms with E-state index >= 15 is 0 Å². The van der Waals surface area contributed by atoms with E-state index in [0.717, 1.165) is 35.3 Å². The summed E-state index contributed by atoms with van der Waals surface area (Å²) in [6.45, 7) is 7.39. The molecule has 0 fully saturated rings. The third kappa shape index (κ3) is 4.37. The average Bonchev–Trinajstić information content (AvgIpc) is 3.10. The van der Waals surface area contributed by atoms with E-state index in [0.29, 0.717) is 31.2 Å². The third-order valence-corrected chi connectivity index (χ3v) is 7.01. The van der Waals surface area contributed by atoms with Crippen LogP contribution in [0.4, 0.5) is 0 Å². The van der Waals surface area contributed by atoms with Crippen molar-refractivity contribution in [2.45, 2.75) is 58.9 Å². The number of fused-ring (bicyclic) bond motifs is 3. The van der Waals surface area contributed by atoms with Crippen LogP contribution in [0.15, 0.2) is 29.1 Å².